The summed E-state index contributed by atoms with van der Waals surface area (Å²) in [4.78, 5) is 27.2. The maximum absolute atomic E-state index is 12.3. The van der Waals surface area contributed by atoms with E-state index in [-0.39, 0.29) is 24.4 Å². The molecule has 1 aliphatic heterocycles. The average Bonchev–Trinajstić information content (AvgIpc) is 3.47. The van der Waals surface area contributed by atoms with Gasteiger partial charge in [0.1, 0.15) is 12.3 Å². The quantitative estimate of drug-likeness (QED) is 0.623. The number of carbonyl (C=O) groups is 2. The second-order valence-corrected chi connectivity index (χ2v) is 7.26. The van der Waals surface area contributed by atoms with Crippen LogP contribution in [-0.2, 0) is 16.1 Å². The number of furan rings is 1. The highest BCUT2D eigenvalue weighted by atomic mass is 32.1. The van der Waals surface area contributed by atoms with E-state index in [4.69, 9.17) is 13.7 Å². The largest absolute Gasteiger partial charge is 0.461 e. The second-order valence-electron chi connectivity index (χ2n) is 6.31. The van der Waals surface area contributed by atoms with Gasteiger partial charge in [0.15, 0.2) is 5.76 Å². The minimum atomic E-state index is -0.263. The van der Waals surface area contributed by atoms with Gasteiger partial charge in [0, 0.05) is 19.2 Å². The van der Waals surface area contributed by atoms with Crippen molar-refractivity contribution in [2.75, 3.05) is 13.1 Å². The molecule has 0 unspecified atom stereocenters. The zero-order valence-electron chi connectivity index (χ0n) is 14.5. The number of hydrogen-bond donors (Lipinski definition) is 0. The van der Waals surface area contributed by atoms with Crippen LogP contribution in [0.5, 0.6) is 0 Å². The third-order valence-corrected chi connectivity index (χ3v) is 5.39. The van der Waals surface area contributed by atoms with Crippen molar-refractivity contribution in [1.29, 1.82) is 0 Å². The monoisotopic (exact) mass is 386 g/mol. The van der Waals surface area contributed by atoms with E-state index in [0.29, 0.717) is 43.1 Å². The summed E-state index contributed by atoms with van der Waals surface area (Å²) in [6, 6.07) is 8.90. The molecule has 0 N–H and O–H groups in total. The summed E-state index contributed by atoms with van der Waals surface area (Å²) >= 11 is 1.43. The van der Waals surface area contributed by atoms with E-state index in [9.17, 15) is 9.59 Å². The van der Waals surface area contributed by atoms with Crippen LogP contribution in [0.25, 0.3) is 11.5 Å². The molecule has 0 spiro atoms. The Hall–Kier alpha value is -2.87. The van der Waals surface area contributed by atoms with Gasteiger partial charge in [-0.25, -0.2) is 0 Å². The lowest BCUT2D eigenvalue weighted by Crippen LogP contribution is -2.40. The van der Waals surface area contributed by atoms with Gasteiger partial charge in [-0.1, -0.05) is 11.2 Å². The highest BCUT2D eigenvalue weighted by molar-refractivity contribution is 7.12. The molecule has 8 heteroatoms. The van der Waals surface area contributed by atoms with Crippen LogP contribution in [0.4, 0.5) is 0 Å². The maximum Gasteiger partial charge on any atom is 0.309 e. The van der Waals surface area contributed by atoms with Crippen LogP contribution in [0.15, 0.2) is 50.9 Å². The molecule has 4 heterocycles. The number of amides is 1. The molecular formula is C19H18N2O5S. The Labute approximate surface area is 159 Å². The van der Waals surface area contributed by atoms with Gasteiger partial charge in [0.25, 0.3) is 5.91 Å². The van der Waals surface area contributed by atoms with Crippen molar-refractivity contribution in [3.05, 3.63) is 52.5 Å². The zero-order chi connectivity index (χ0) is 18.6. The molecule has 0 aliphatic carbocycles. The number of piperidine rings is 1. The molecule has 4 rings (SSSR count). The van der Waals surface area contributed by atoms with Gasteiger partial charge < -0.3 is 18.6 Å². The molecule has 1 saturated heterocycles. The molecule has 7 nitrogen and oxygen atoms in total. The number of hydrogen-bond acceptors (Lipinski definition) is 7. The van der Waals surface area contributed by atoms with Crippen LogP contribution in [0, 0.1) is 5.92 Å². The third kappa shape index (κ3) is 3.95. The number of aromatic nitrogens is 1. The summed E-state index contributed by atoms with van der Waals surface area (Å²) in [5.41, 5.74) is 0.528. The predicted octanol–water partition coefficient (Wildman–Crippen LogP) is 3.59. The van der Waals surface area contributed by atoms with Gasteiger partial charge in [0.2, 0.25) is 5.76 Å². The van der Waals surface area contributed by atoms with Crippen LogP contribution in [0.1, 0.15) is 28.2 Å². The third-order valence-electron chi connectivity index (χ3n) is 4.53. The van der Waals surface area contributed by atoms with Crippen LogP contribution < -0.4 is 0 Å². The topological polar surface area (TPSA) is 85.8 Å². The van der Waals surface area contributed by atoms with Crippen LogP contribution in [0.2, 0.25) is 0 Å². The first-order valence-corrected chi connectivity index (χ1v) is 9.57. The van der Waals surface area contributed by atoms with E-state index < -0.39 is 0 Å². The number of esters is 1. The Balaban J connectivity index is 1.26. The standard InChI is InChI=1S/C19H18N2O5S/c22-18(17-4-2-10-27-17)21-7-5-13(6-8-21)19(23)25-12-14-11-16(26-20-14)15-3-1-9-24-15/h1-4,9-11,13H,5-8,12H2. The fourth-order valence-corrected chi connectivity index (χ4v) is 3.74. The molecule has 0 aromatic carbocycles. The van der Waals surface area contributed by atoms with Crippen LogP contribution in [-0.4, -0.2) is 35.0 Å². The summed E-state index contributed by atoms with van der Waals surface area (Å²) in [5.74, 6) is 0.633. The summed E-state index contributed by atoms with van der Waals surface area (Å²) in [7, 11) is 0. The van der Waals surface area contributed by atoms with Gasteiger partial charge in [-0.3, -0.25) is 9.59 Å². The van der Waals surface area contributed by atoms with Gasteiger partial charge >= 0.3 is 5.97 Å². The first kappa shape index (κ1) is 17.5. The first-order chi connectivity index (χ1) is 13.2. The summed E-state index contributed by atoms with van der Waals surface area (Å²) in [6.45, 7) is 1.17. The minimum Gasteiger partial charge on any atom is -0.461 e. The Morgan fingerprint density at radius 3 is 2.78 bits per heavy atom. The Morgan fingerprint density at radius 1 is 1.22 bits per heavy atom. The molecule has 3 aromatic heterocycles. The first-order valence-electron chi connectivity index (χ1n) is 8.69. The van der Waals surface area contributed by atoms with E-state index in [1.165, 1.54) is 11.3 Å². The Bertz CT molecular complexity index is 893. The van der Waals surface area contributed by atoms with E-state index in [2.05, 4.69) is 5.16 Å². The number of likely N-dealkylation sites (tertiary alicyclic amines) is 1. The molecule has 0 saturated carbocycles. The molecule has 1 fully saturated rings. The van der Waals surface area contributed by atoms with E-state index >= 15 is 0 Å². The lowest BCUT2D eigenvalue weighted by atomic mass is 9.97. The molecule has 0 bridgehead atoms. The molecule has 0 atom stereocenters. The van der Waals surface area contributed by atoms with Gasteiger partial charge in [-0.05, 0) is 36.4 Å². The molecule has 3 aromatic rings. The van der Waals surface area contributed by atoms with Crippen molar-refractivity contribution in [2.45, 2.75) is 19.4 Å². The van der Waals surface area contributed by atoms with Crippen molar-refractivity contribution in [3.8, 4) is 11.5 Å². The average molecular weight is 386 g/mol. The lowest BCUT2D eigenvalue weighted by Gasteiger charge is -2.30. The maximum atomic E-state index is 12.3. The second kappa shape index (κ2) is 7.79. The van der Waals surface area contributed by atoms with E-state index in [0.717, 1.165) is 4.88 Å². The van der Waals surface area contributed by atoms with E-state index in [1.807, 2.05) is 17.5 Å². The summed E-state index contributed by atoms with van der Waals surface area (Å²) in [5, 5.41) is 5.78. The summed E-state index contributed by atoms with van der Waals surface area (Å²) in [6.07, 6.45) is 2.76. The molecule has 0 radical (unpaired) electrons. The minimum absolute atomic E-state index is 0.0323. The smallest absolute Gasteiger partial charge is 0.309 e. The van der Waals surface area contributed by atoms with Crippen molar-refractivity contribution < 1.29 is 23.3 Å². The fourth-order valence-electron chi connectivity index (χ4n) is 3.05. The molecule has 140 valence electrons. The fraction of sp³-hybridized carbons (Fsp3) is 0.316. The number of rotatable bonds is 5. The number of ether oxygens (including phenoxy) is 1. The van der Waals surface area contributed by atoms with Gasteiger partial charge in [-0.15, -0.1) is 11.3 Å². The number of nitrogens with zero attached hydrogens (tertiary/aromatic N) is 2. The molecule has 1 aliphatic rings. The Kier molecular flexibility index (Phi) is 5.06. The van der Waals surface area contributed by atoms with Crippen molar-refractivity contribution >= 4 is 23.2 Å². The van der Waals surface area contributed by atoms with Gasteiger partial charge in [0.05, 0.1) is 17.1 Å². The van der Waals surface area contributed by atoms with Crippen molar-refractivity contribution in [1.82, 2.24) is 10.1 Å². The van der Waals surface area contributed by atoms with Crippen molar-refractivity contribution in [3.63, 3.8) is 0 Å². The zero-order valence-corrected chi connectivity index (χ0v) is 15.3. The normalized spacial score (nSPS) is 15.0. The highest BCUT2D eigenvalue weighted by Gasteiger charge is 2.29. The highest BCUT2D eigenvalue weighted by Crippen LogP contribution is 2.23. The SMILES string of the molecule is O=C(OCc1cc(-c2ccco2)on1)C1CCN(C(=O)c2cccs2)CC1. The van der Waals surface area contributed by atoms with Crippen molar-refractivity contribution in [2.24, 2.45) is 5.92 Å². The Morgan fingerprint density at radius 2 is 2.07 bits per heavy atom. The van der Waals surface area contributed by atoms with Gasteiger partial charge in [-0.2, -0.15) is 0 Å². The van der Waals surface area contributed by atoms with Crippen LogP contribution >= 0.6 is 11.3 Å². The lowest BCUT2D eigenvalue weighted by molar-refractivity contribution is -0.151. The van der Waals surface area contributed by atoms with Crippen LogP contribution in [0.3, 0.4) is 0 Å². The molecule has 27 heavy (non-hydrogen) atoms. The molecular weight excluding hydrogens is 368 g/mol. The molecule has 1 amide bonds. The van der Waals surface area contributed by atoms with E-state index in [1.54, 1.807) is 29.4 Å². The summed E-state index contributed by atoms with van der Waals surface area (Å²) < 4.78 is 15.8. The number of carbonyl (C=O) groups excluding carboxylic acids is 2. The number of thiophene rings is 1. The predicted molar refractivity (Wildman–Crippen MR) is 96.9 cm³/mol.